The number of nitrogens with one attached hydrogen (secondary N) is 1. The highest BCUT2D eigenvalue weighted by atomic mass is 35.5. The fourth-order valence-corrected chi connectivity index (χ4v) is 2.74. The molecule has 3 rings (SSSR count). The first-order valence-electron chi connectivity index (χ1n) is 8.13. The molecule has 0 radical (unpaired) electrons. The third-order valence-electron chi connectivity index (χ3n) is 3.72. The number of aromatic nitrogens is 1. The Bertz CT molecular complexity index is 629. The first-order valence-corrected chi connectivity index (χ1v) is 8.51. The van der Waals surface area contributed by atoms with E-state index in [9.17, 15) is 0 Å². The largest absolute Gasteiger partial charge is 0.395 e. The number of hydrogen-bond acceptors (Lipinski definition) is 5. The Labute approximate surface area is 142 Å². The summed E-state index contributed by atoms with van der Waals surface area (Å²) < 4.78 is 5.35. The number of pyridine rings is 1. The summed E-state index contributed by atoms with van der Waals surface area (Å²) in [4.78, 5) is 6.68. The number of morpholine rings is 1. The normalized spacial score (nSPS) is 15.1. The summed E-state index contributed by atoms with van der Waals surface area (Å²) in [5.74, 6) is 0. The minimum atomic E-state index is 0.350. The second-order valence-corrected chi connectivity index (χ2v) is 5.45. The first-order chi connectivity index (χ1) is 11.3. The molecule has 1 saturated heterocycles. The van der Waals surface area contributed by atoms with E-state index < -0.39 is 0 Å². The molecule has 2 heterocycles. The zero-order valence-corrected chi connectivity index (χ0v) is 14.6. The van der Waals surface area contributed by atoms with Crippen LogP contribution in [0.15, 0.2) is 24.3 Å². The van der Waals surface area contributed by atoms with Crippen LogP contribution < -0.4 is 11.1 Å². The predicted octanol–water partition coefficient (Wildman–Crippen LogP) is 3.24. The molecule has 0 spiro atoms. The van der Waals surface area contributed by atoms with Crippen molar-refractivity contribution in [2.45, 2.75) is 13.8 Å². The summed E-state index contributed by atoms with van der Waals surface area (Å²) in [6.07, 6.45) is 0. The van der Waals surface area contributed by atoms with Gasteiger partial charge in [0.15, 0.2) is 5.15 Å². The topological polar surface area (TPSA) is 63.4 Å². The first kappa shape index (κ1) is 17.8. The summed E-state index contributed by atoms with van der Waals surface area (Å²) >= 11 is 6.12. The number of halogens is 1. The lowest BCUT2D eigenvalue weighted by atomic mass is 10.1. The maximum absolute atomic E-state index is 6.12. The van der Waals surface area contributed by atoms with E-state index in [1.807, 2.05) is 38.1 Å². The van der Waals surface area contributed by atoms with Gasteiger partial charge in [-0.3, -0.25) is 4.90 Å². The summed E-state index contributed by atoms with van der Waals surface area (Å²) in [5, 5.41) is 4.76. The number of benzene rings is 1. The van der Waals surface area contributed by atoms with Crippen molar-refractivity contribution in [3.63, 3.8) is 0 Å². The van der Waals surface area contributed by atoms with Crippen LogP contribution >= 0.6 is 11.6 Å². The summed E-state index contributed by atoms with van der Waals surface area (Å²) in [7, 11) is 0. The second kappa shape index (κ2) is 8.91. The van der Waals surface area contributed by atoms with Crippen molar-refractivity contribution in [1.29, 1.82) is 0 Å². The molecule has 0 unspecified atom stereocenters. The number of anilines is 2. The summed E-state index contributed by atoms with van der Waals surface area (Å²) in [6, 6.07) is 7.86. The zero-order chi connectivity index (χ0) is 16.7. The van der Waals surface area contributed by atoms with Crippen molar-refractivity contribution >= 4 is 33.9 Å². The number of nitrogens with zero attached hydrogens (tertiary/aromatic N) is 2. The van der Waals surface area contributed by atoms with Crippen LogP contribution in [0.1, 0.15) is 13.8 Å². The van der Waals surface area contributed by atoms with Gasteiger partial charge in [-0.15, -0.1) is 0 Å². The number of ether oxygens (including phenoxy) is 1. The van der Waals surface area contributed by atoms with Gasteiger partial charge in [-0.1, -0.05) is 43.6 Å². The minimum absolute atomic E-state index is 0.350. The van der Waals surface area contributed by atoms with Gasteiger partial charge in [-0.05, 0) is 6.07 Å². The van der Waals surface area contributed by atoms with Crippen LogP contribution in [0, 0.1) is 0 Å². The van der Waals surface area contributed by atoms with Gasteiger partial charge in [0.05, 0.1) is 30.1 Å². The van der Waals surface area contributed by atoms with E-state index in [4.69, 9.17) is 22.1 Å². The van der Waals surface area contributed by atoms with Crippen LogP contribution in [-0.2, 0) is 4.74 Å². The zero-order valence-electron chi connectivity index (χ0n) is 13.8. The lowest BCUT2D eigenvalue weighted by molar-refractivity contribution is 0.0398. The Kier molecular flexibility index (Phi) is 6.89. The molecule has 0 amide bonds. The van der Waals surface area contributed by atoms with Crippen LogP contribution in [0.3, 0.4) is 0 Å². The number of nitrogen functional groups attached to an aromatic ring is 1. The predicted molar refractivity (Wildman–Crippen MR) is 98.3 cm³/mol. The lowest BCUT2D eigenvalue weighted by Gasteiger charge is -2.26. The van der Waals surface area contributed by atoms with Gasteiger partial charge < -0.3 is 15.8 Å². The highest BCUT2D eigenvalue weighted by Gasteiger charge is 2.12. The molecular formula is C17H25ClN4O. The average molecular weight is 337 g/mol. The van der Waals surface area contributed by atoms with Gasteiger partial charge >= 0.3 is 0 Å². The molecule has 23 heavy (non-hydrogen) atoms. The van der Waals surface area contributed by atoms with Crippen molar-refractivity contribution in [3.8, 4) is 0 Å². The molecule has 2 aromatic rings. The molecule has 1 aliphatic rings. The average Bonchev–Trinajstić information content (AvgIpc) is 2.61. The number of fused-ring (bicyclic) bond motifs is 1. The summed E-state index contributed by atoms with van der Waals surface area (Å²) in [6.45, 7) is 9.36. The fraction of sp³-hybridized carbons (Fsp3) is 0.471. The van der Waals surface area contributed by atoms with Gasteiger partial charge in [0, 0.05) is 31.6 Å². The molecule has 1 fully saturated rings. The highest BCUT2D eigenvalue weighted by molar-refractivity contribution is 6.33. The molecule has 6 heteroatoms. The molecular weight excluding hydrogens is 312 g/mol. The number of nitrogens with two attached hydrogens (primary N) is 1. The van der Waals surface area contributed by atoms with Crippen molar-refractivity contribution < 1.29 is 4.74 Å². The van der Waals surface area contributed by atoms with Crippen molar-refractivity contribution in [3.05, 3.63) is 29.4 Å². The van der Waals surface area contributed by atoms with E-state index in [0.717, 1.165) is 56.0 Å². The van der Waals surface area contributed by atoms with E-state index in [1.165, 1.54) is 0 Å². The molecule has 1 aromatic heterocycles. The molecule has 3 N–H and O–H groups in total. The molecule has 0 aliphatic carbocycles. The van der Waals surface area contributed by atoms with Gasteiger partial charge in [-0.2, -0.15) is 0 Å². The fourth-order valence-electron chi connectivity index (χ4n) is 2.55. The number of hydrogen-bond donors (Lipinski definition) is 2. The Balaban J connectivity index is 0.000000924. The number of rotatable bonds is 4. The van der Waals surface area contributed by atoms with Gasteiger partial charge in [0.2, 0.25) is 0 Å². The standard InChI is InChI=1S/C15H19ClN4O.C2H6/c16-15-13(17)14(11-3-1-2-4-12(11)19-15)18-5-6-20-7-9-21-10-8-20;1-2/h1-4H,5-10,17H2,(H,18,19);1-2H3. The van der Waals surface area contributed by atoms with Crippen LogP contribution in [0.4, 0.5) is 11.4 Å². The Morgan fingerprint density at radius 1 is 1.26 bits per heavy atom. The Hall–Kier alpha value is -1.56. The monoisotopic (exact) mass is 336 g/mol. The van der Waals surface area contributed by atoms with Crippen molar-refractivity contribution in [2.75, 3.05) is 50.4 Å². The van der Waals surface area contributed by atoms with Gasteiger partial charge in [-0.25, -0.2) is 4.98 Å². The minimum Gasteiger partial charge on any atom is -0.395 e. The van der Waals surface area contributed by atoms with E-state index in [-0.39, 0.29) is 0 Å². The lowest BCUT2D eigenvalue weighted by Crippen LogP contribution is -2.39. The summed E-state index contributed by atoms with van der Waals surface area (Å²) in [5.41, 5.74) is 8.32. The highest BCUT2D eigenvalue weighted by Crippen LogP contribution is 2.32. The smallest absolute Gasteiger partial charge is 0.154 e. The quantitative estimate of drug-likeness (QED) is 0.839. The van der Waals surface area contributed by atoms with Gasteiger partial charge in [0.25, 0.3) is 0 Å². The number of para-hydroxylation sites is 1. The molecule has 126 valence electrons. The molecule has 0 bridgehead atoms. The van der Waals surface area contributed by atoms with Crippen LogP contribution in [0.2, 0.25) is 5.15 Å². The van der Waals surface area contributed by atoms with Crippen LogP contribution in [0.5, 0.6) is 0 Å². The van der Waals surface area contributed by atoms with E-state index in [1.54, 1.807) is 0 Å². The van der Waals surface area contributed by atoms with Crippen molar-refractivity contribution in [1.82, 2.24) is 9.88 Å². The third-order valence-corrected chi connectivity index (χ3v) is 4.01. The molecule has 1 aromatic carbocycles. The second-order valence-electron chi connectivity index (χ2n) is 5.09. The molecule has 0 saturated carbocycles. The van der Waals surface area contributed by atoms with Crippen molar-refractivity contribution in [2.24, 2.45) is 0 Å². The van der Waals surface area contributed by atoms with Crippen LogP contribution in [-0.4, -0.2) is 49.3 Å². The molecule has 1 aliphatic heterocycles. The van der Waals surface area contributed by atoms with E-state index >= 15 is 0 Å². The van der Waals surface area contributed by atoms with E-state index in [0.29, 0.717) is 10.8 Å². The van der Waals surface area contributed by atoms with E-state index in [2.05, 4.69) is 15.2 Å². The maximum Gasteiger partial charge on any atom is 0.154 e. The van der Waals surface area contributed by atoms with Gasteiger partial charge in [0.1, 0.15) is 0 Å². The Morgan fingerprint density at radius 2 is 1.96 bits per heavy atom. The maximum atomic E-state index is 6.12. The third kappa shape index (κ3) is 4.47. The van der Waals surface area contributed by atoms with Crippen LogP contribution in [0.25, 0.3) is 10.9 Å². The SMILES string of the molecule is CC.Nc1c(Cl)nc2ccccc2c1NCCN1CCOCC1. The molecule has 0 atom stereocenters. The Morgan fingerprint density at radius 3 is 2.70 bits per heavy atom. The molecule has 5 nitrogen and oxygen atoms in total.